The molecule has 154 valence electrons. The van der Waals surface area contributed by atoms with Crippen LogP contribution in [0.25, 0.3) is 6.08 Å². The van der Waals surface area contributed by atoms with Crippen LogP contribution in [0.2, 0.25) is 0 Å². The minimum absolute atomic E-state index is 0.300. The Hall–Kier alpha value is -2.80. The van der Waals surface area contributed by atoms with Gasteiger partial charge in [0.15, 0.2) is 0 Å². The normalized spacial score (nSPS) is 13.1. The lowest BCUT2D eigenvalue weighted by molar-refractivity contribution is -0.111. The smallest absolute Gasteiger partial charge is 0.341 e. The van der Waals surface area contributed by atoms with E-state index in [1.165, 1.54) is 17.4 Å². The van der Waals surface area contributed by atoms with E-state index in [-0.39, 0.29) is 11.9 Å². The summed E-state index contributed by atoms with van der Waals surface area (Å²) in [5, 5.41) is 3.43. The highest BCUT2D eigenvalue weighted by Gasteiger charge is 2.26. The zero-order valence-corrected chi connectivity index (χ0v) is 17.7. The van der Waals surface area contributed by atoms with Gasteiger partial charge in [-0.15, -0.1) is 11.3 Å². The number of ether oxygens (including phenoxy) is 3. The maximum atomic E-state index is 12.5. The summed E-state index contributed by atoms with van der Waals surface area (Å²) in [6, 6.07) is 5.37. The first kappa shape index (κ1) is 20.9. The second-order valence-electron chi connectivity index (χ2n) is 6.57. The van der Waals surface area contributed by atoms with Crippen LogP contribution in [-0.4, -0.2) is 32.7 Å². The third-order valence-electron chi connectivity index (χ3n) is 4.74. The van der Waals surface area contributed by atoms with Gasteiger partial charge in [-0.2, -0.15) is 0 Å². The molecule has 7 heteroatoms. The number of rotatable bonds is 7. The third-order valence-corrected chi connectivity index (χ3v) is 5.95. The fraction of sp³-hybridized carbons (Fsp3) is 0.364. The molecule has 1 aliphatic rings. The number of fused-ring (bicyclic) bond motifs is 1. The molecule has 1 aliphatic carbocycles. The lowest BCUT2D eigenvalue weighted by Crippen LogP contribution is -2.14. The van der Waals surface area contributed by atoms with Gasteiger partial charge in [0.05, 0.1) is 26.4 Å². The van der Waals surface area contributed by atoms with Crippen LogP contribution >= 0.6 is 11.3 Å². The first-order valence-corrected chi connectivity index (χ1v) is 10.4. The largest absolute Gasteiger partial charge is 0.497 e. The molecule has 6 nitrogen and oxygen atoms in total. The minimum Gasteiger partial charge on any atom is -0.497 e. The molecule has 0 fully saturated rings. The summed E-state index contributed by atoms with van der Waals surface area (Å²) in [6.45, 7) is 2.08. The number of esters is 1. The maximum absolute atomic E-state index is 12.5. The molecule has 1 aromatic carbocycles. The van der Waals surface area contributed by atoms with Gasteiger partial charge in [0.1, 0.15) is 16.5 Å². The Morgan fingerprint density at radius 3 is 2.69 bits per heavy atom. The van der Waals surface area contributed by atoms with Crippen molar-refractivity contribution in [1.82, 2.24) is 0 Å². The molecule has 1 heterocycles. The van der Waals surface area contributed by atoms with E-state index >= 15 is 0 Å². The zero-order chi connectivity index (χ0) is 20.8. The molecule has 0 aliphatic heterocycles. The molecule has 0 atom stereocenters. The third kappa shape index (κ3) is 4.79. The number of aryl methyl sites for hydroxylation is 1. The zero-order valence-electron chi connectivity index (χ0n) is 16.9. The predicted octanol–water partition coefficient (Wildman–Crippen LogP) is 4.47. The number of nitrogens with one attached hydrogen (secondary N) is 1. The van der Waals surface area contributed by atoms with E-state index in [0.29, 0.717) is 28.7 Å². The highest BCUT2D eigenvalue weighted by Crippen LogP contribution is 2.38. The van der Waals surface area contributed by atoms with E-state index in [1.807, 2.05) is 6.07 Å². The van der Waals surface area contributed by atoms with Crippen LogP contribution in [0.5, 0.6) is 11.5 Å². The number of carbonyl (C=O) groups is 2. The van der Waals surface area contributed by atoms with E-state index in [0.717, 1.165) is 41.7 Å². The highest BCUT2D eigenvalue weighted by molar-refractivity contribution is 7.17. The van der Waals surface area contributed by atoms with Crippen molar-refractivity contribution in [3.63, 3.8) is 0 Å². The summed E-state index contributed by atoms with van der Waals surface area (Å²) in [7, 11) is 3.15. The van der Waals surface area contributed by atoms with Gasteiger partial charge >= 0.3 is 5.97 Å². The number of anilines is 1. The number of thiophene rings is 1. The molecule has 1 aromatic heterocycles. The summed E-state index contributed by atoms with van der Waals surface area (Å²) in [4.78, 5) is 26.2. The second-order valence-corrected chi connectivity index (χ2v) is 7.67. The maximum Gasteiger partial charge on any atom is 0.341 e. The Morgan fingerprint density at radius 1 is 1.17 bits per heavy atom. The molecule has 0 radical (unpaired) electrons. The van der Waals surface area contributed by atoms with E-state index < -0.39 is 0 Å². The standard InChI is InChI=1S/C22H25NO5S/c1-4-28-22(25)20-16-7-5-6-8-18(16)29-21(20)23-19(24)12-10-14-9-11-15(26-2)13-17(14)27-3/h9-13H,4-8H2,1-3H3,(H,23,24)/b12-10+. The van der Waals surface area contributed by atoms with Crippen molar-refractivity contribution in [3.05, 3.63) is 45.8 Å². The van der Waals surface area contributed by atoms with Crippen molar-refractivity contribution in [3.8, 4) is 11.5 Å². The van der Waals surface area contributed by atoms with Crippen molar-refractivity contribution in [1.29, 1.82) is 0 Å². The quantitative estimate of drug-likeness (QED) is 0.533. The summed E-state index contributed by atoms with van der Waals surface area (Å²) in [5.41, 5.74) is 2.28. The average molecular weight is 416 g/mol. The summed E-state index contributed by atoms with van der Waals surface area (Å²) in [6.07, 6.45) is 7.01. The Labute approximate surface area is 174 Å². The first-order chi connectivity index (χ1) is 14.1. The Bertz CT molecular complexity index is 932. The van der Waals surface area contributed by atoms with Gasteiger partial charge < -0.3 is 19.5 Å². The summed E-state index contributed by atoms with van der Waals surface area (Å²) >= 11 is 1.47. The lowest BCUT2D eigenvalue weighted by Gasteiger charge is -2.12. The molecule has 0 bridgehead atoms. The van der Waals surface area contributed by atoms with Gasteiger partial charge in [0, 0.05) is 22.6 Å². The van der Waals surface area contributed by atoms with E-state index in [1.54, 1.807) is 39.4 Å². The van der Waals surface area contributed by atoms with Crippen molar-refractivity contribution >= 4 is 34.3 Å². The highest BCUT2D eigenvalue weighted by atomic mass is 32.1. The Morgan fingerprint density at radius 2 is 1.97 bits per heavy atom. The number of carbonyl (C=O) groups excluding carboxylic acids is 2. The Kier molecular flexibility index (Phi) is 6.93. The molecule has 0 unspecified atom stereocenters. The average Bonchev–Trinajstić information content (AvgIpc) is 3.10. The van der Waals surface area contributed by atoms with Crippen LogP contribution in [0.4, 0.5) is 5.00 Å². The summed E-state index contributed by atoms with van der Waals surface area (Å²) in [5.74, 6) is 0.592. The number of methoxy groups -OCH3 is 2. The van der Waals surface area contributed by atoms with Crippen LogP contribution in [0.1, 0.15) is 46.1 Å². The number of benzene rings is 1. The van der Waals surface area contributed by atoms with Crippen LogP contribution in [-0.2, 0) is 22.4 Å². The molecular weight excluding hydrogens is 390 g/mol. The molecular formula is C22H25NO5S. The first-order valence-electron chi connectivity index (χ1n) is 9.60. The second kappa shape index (κ2) is 9.60. The van der Waals surface area contributed by atoms with Gasteiger partial charge in [-0.1, -0.05) is 0 Å². The number of amides is 1. The van der Waals surface area contributed by atoms with E-state index in [2.05, 4.69) is 5.32 Å². The van der Waals surface area contributed by atoms with E-state index in [4.69, 9.17) is 14.2 Å². The van der Waals surface area contributed by atoms with Crippen molar-refractivity contribution < 1.29 is 23.8 Å². The molecule has 0 spiro atoms. The number of hydrogen-bond acceptors (Lipinski definition) is 6. The molecule has 1 amide bonds. The van der Waals surface area contributed by atoms with Gasteiger partial charge in [0.25, 0.3) is 0 Å². The van der Waals surface area contributed by atoms with Crippen LogP contribution in [0.3, 0.4) is 0 Å². The molecule has 0 saturated carbocycles. The van der Waals surface area contributed by atoms with Crippen LogP contribution < -0.4 is 14.8 Å². The van der Waals surface area contributed by atoms with Crippen molar-refractivity contribution in [2.75, 3.05) is 26.1 Å². The molecule has 1 N–H and O–H groups in total. The van der Waals surface area contributed by atoms with Crippen molar-refractivity contribution in [2.24, 2.45) is 0 Å². The molecule has 2 aromatic rings. The van der Waals surface area contributed by atoms with Crippen molar-refractivity contribution in [2.45, 2.75) is 32.6 Å². The lowest BCUT2D eigenvalue weighted by atomic mass is 9.95. The van der Waals surface area contributed by atoms with Crippen LogP contribution in [0.15, 0.2) is 24.3 Å². The SMILES string of the molecule is CCOC(=O)c1c(NC(=O)/C=C/c2ccc(OC)cc2OC)sc2c1CCCC2. The van der Waals surface area contributed by atoms with Gasteiger partial charge in [-0.3, -0.25) is 4.79 Å². The van der Waals surface area contributed by atoms with E-state index in [9.17, 15) is 9.59 Å². The predicted molar refractivity (Wildman–Crippen MR) is 114 cm³/mol. The van der Waals surface area contributed by atoms with Gasteiger partial charge in [0.2, 0.25) is 5.91 Å². The monoisotopic (exact) mass is 415 g/mol. The topological polar surface area (TPSA) is 73.9 Å². The fourth-order valence-electron chi connectivity index (χ4n) is 3.35. The van der Waals surface area contributed by atoms with Gasteiger partial charge in [-0.05, 0) is 56.4 Å². The number of hydrogen-bond donors (Lipinski definition) is 1. The molecule has 0 saturated heterocycles. The Balaban J connectivity index is 1.81. The minimum atomic E-state index is -0.372. The molecule has 29 heavy (non-hydrogen) atoms. The summed E-state index contributed by atoms with van der Waals surface area (Å²) < 4.78 is 15.8. The van der Waals surface area contributed by atoms with Gasteiger partial charge in [-0.25, -0.2) is 4.79 Å². The fourth-order valence-corrected chi connectivity index (χ4v) is 4.63. The van der Waals surface area contributed by atoms with Crippen LogP contribution in [0, 0.1) is 0 Å². The molecule has 3 rings (SSSR count).